The van der Waals surface area contributed by atoms with Crippen molar-refractivity contribution >= 4 is 11.8 Å². The fourth-order valence-electron chi connectivity index (χ4n) is 2.54. The third-order valence-corrected chi connectivity index (χ3v) is 3.85. The maximum atomic E-state index is 12.0. The fraction of sp³-hybridized carbons (Fsp3) is 0.412. The summed E-state index contributed by atoms with van der Waals surface area (Å²) in [6.45, 7) is 1.20. The van der Waals surface area contributed by atoms with E-state index in [1.807, 2.05) is 0 Å². The molecule has 3 N–H and O–H groups in total. The van der Waals surface area contributed by atoms with Crippen LogP contribution in [0.2, 0.25) is 0 Å². The van der Waals surface area contributed by atoms with Crippen LogP contribution < -0.4 is 15.8 Å². The number of nitrogens with zero attached hydrogens (tertiary/aromatic N) is 2. The van der Waals surface area contributed by atoms with Crippen LogP contribution in [0.1, 0.15) is 34.9 Å². The molecule has 138 valence electrons. The number of hydrogen-bond acceptors (Lipinski definition) is 7. The maximum Gasteiger partial charge on any atom is 0.316 e. The lowest BCUT2D eigenvalue weighted by Gasteiger charge is -2.08. The topological polar surface area (TPSA) is 130 Å². The van der Waals surface area contributed by atoms with Gasteiger partial charge in [-0.1, -0.05) is 17.3 Å². The molecular formula is C17H20N4O5. The van der Waals surface area contributed by atoms with Gasteiger partial charge in [-0.3, -0.25) is 9.59 Å². The first kappa shape index (κ1) is 17.9. The van der Waals surface area contributed by atoms with E-state index in [9.17, 15) is 9.59 Å². The molecule has 0 spiro atoms. The van der Waals surface area contributed by atoms with Gasteiger partial charge in [-0.05, 0) is 30.5 Å². The number of amides is 2. The number of nitrogens with one attached hydrogen (secondary N) is 1. The molecule has 1 atom stereocenters. The number of aromatic nitrogens is 2. The summed E-state index contributed by atoms with van der Waals surface area (Å²) in [6.07, 6.45) is 2.16. The van der Waals surface area contributed by atoms with E-state index in [2.05, 4.69) is 15.5 Å². The monoisotopic (exact) mass is 360 g/mol. The summed E-state index contributed by atoms with van der Waals surface area (Å²) in [4.78, 5) is 26.9. The molecule has 1 aromatic carbocycles. The van der Waals surface area contributed by atoms with Crippen molar-refractivity contribution in [3.05, 3.63) is 41.5 Å². The van der Waals surface area contributed by atoms with Crippen molar-refractivity contribution in [1.82, 2.24) is 15.5 Å². The summed E-state index contributed by atoms with van der Waals surface area (Å²) in [5, 5.41) is 6.44. The molecule has 1 aliphatic heterocycles. The Morgan fingerprint density at radius 3 is 2.81 bits per heavy atom. The smallest absolute Gasteiger partial charge is 0.316 e. The summed E-state index contributed by atoms with van der Waals surface area (Å²) >= 11 is 0. The molecule has 0 radical (unpaired) electrons. The molecule has 0 aliphatic carbocycles. The molecule has 9 heteroatoms. The van der Waals surface area contributed by atoms with Gasteiger partial charge in [0.1, 0.15) is 5.75 Å². The Labute approximate surface area is 149 Å². The van der Waals surface area contributed by atoms with Crippen molar-refractivity contribution < 1.29 is 23.6 Å². The Kier molecular flexibility index (Phi) is 5.80. The zero-order valence-electron chi connectivity index (χ0n) is 14.1. The van der Waals surface area contributed by atoms with Crippen LogP contribution in [0.15, 0.2) is 28.8 Å². The number of hydrogen-bond donors (Lipinski definition) is 2. The van der Waals surface area contributed by atoms with Gasteiger partial charge < -0.3 is 25.0 Å². The van der Waals surface area contributed by atoms with E-state index >= 15 is 0 Å². The quantitative estimate of drug-likeness (QED) is 0.704. The van der Waals surface area contributed by atoms with Crippen LogP contribution in [-0.2, 0) is 22.6 Å². The molecule has 1 fully saturated rings. The third-order valence-electron chi connectivity index (χ3n) is 3.85. The normalized spacial score (nSPS) is 16.4. The number of carbonyl (C=O) groups excluding carboxylic acids is 2. The molecule has 1 saturated heterocycles. The van der Waals surface area contributed by atoms with E-state index in [0.717, 1.165) is 25.0 Å². The third kappa shape index (κ3) is 5.03. The molecule has 3 rings (SSSR count). The molecule has 9 nitrogen and oxygen atoms in total. The number of carbonyl (C=O) groups is 2. The molecule has 0 saturated carbocycles. The van der Waals surface area contributed by atoms with Crippen LogP contribution in [-0.4, -0.2) is 41.2 Å². The highest BCUT2D eigenvalue weighted by Gasteiger charge is 2.19. The highest BCUT2D eigenvalue weighted by molar-refractivity contribution is 5.89. The first-order valence-corrected chi connectivity index (χ1v) is 8.32. The van der Waals surface area contributed by atoms with Crippen molar-refractivity contribution in [2.75, 3.05) is 13.2 Å². The minimum absolute atomic E-state index is 0.0437. The van der Waals surface area contributed by atoms with Gasteiger partial charge >= 0.3 is 11.8 Å². The Morgan fingerprint density at radius 2 is 2.12 bits per heavy atom. The molecule has 2 heterocycles. The van der Waals surface area contributed by atoms with Gasteiger partial charge in [-0.15, -0.1) is 0 Å². The zero-order valence-corrected chi connectivity index (χ0v) is 14.1. The Hall–Kier alpha value is -2.94. The second-order valence-corrected chi connectivity index (χ2v) is 5.94. The van der Waals surface area contributed by atoms with E-state index < -0.39 is 11.8 Å². The van der Waals surface area contributed by atoms with E-state index in [-0.39, 0.29) is 30.8 Å². The Bertz CT molecular complexity index is 753. The number of benzene rings is 1. The van der Waals surface area contributed by atoms with Gasteiger partial charge in [-0.2, -0.15) is 4.98 Å². The first-order valence-electron chi connectivity index (χ1n) is 8.32. The maximum absolute atomic E-state index is 12.0. The molecule has 1 aliphatic rings. The van der Waals surface area contributed by atoms with Gasteiger partial charge in [0.25, 0.3) is 0 Å². The minimum atomic E-state index is -0.435. The largest absolute Gasteiger partial charge is 0.485 e. The average molecular weight is 360 g/mol. The first-order chi connectivity index (χ1) is 12.6. The lowest BCUT2D eigenvalue weighted by Crippen LogP contribution is -2.31. The molecule has 1 unspecified atom stereocenters. The second kappa shape index (κ2) is 8.43. The standard InChI is InChI=1S/C17H20N4O5/c18-14(22)8-11-3-5-12(6-4-11)25-10-15-20-17(26-21-15)16(23)19-9-13-2-1-7-24-13/h3-6,13H,1-2,7-10H2,(H2,18,22)(H,19,23). The fourth-order valence-corrected chi connectivity index (χ4v) is 2.54. The van der Waals surface area contributed by atoms with Crippen molar-refractivity contribution in [3.8, 4) is 5.75 Å². The molecule has 1 aromatic heterocycles. The van der Waals surface area contributed by atoms with Crippen LogP contribution in [0.25, 0.3) is 0 Å². The second-order valence-electron chi connectivity index (χ2n) is 5.94. The van der Waals surface area contributed by atoms with E-state index in [4.69, 9.17) is 19.7 Å². The Balaban J connectivity index is 1.47. The summed E-state index contributed by atoms with van der Waals surface area (Å²) in [5.41, 5.74) is 5.94. The van der Waals surface area contributed by atoms with Gasteiger partial charge in [0, 0.05) is 13.2 Å². The number of ether oxygens (including phenoxy) is 2. The number of rotatable bonds is 8. The average Bonchev–Trinajstić information content (AvgIpc) is 3.30. The predicted molar refractivity (Wildman–Crippen MR) is 89.3 cm³/mol. The summed E-state index contributed by atoms with van der Waals surface area (Å²) < 4.78 is 15.9. The molecule has 2 amide bonds. The summed E-state index contributed by atoms with van der Waals surface area (Å²) in [6, 6.07) is 6.93. The van der Waals surface area contributed by atoms with E-state index in [1.54, 1.807) is 24.3 Å². The van der Waals surface area contributed by atoms with Crippen LogP contribution in [0.5, 0.6) is 5.75 Å². The zero-order chi connectivity index (χ0) is 18.4. The lowest BCUT2D eigenvalue weighted by molar-refractivity contribution is -0.117. The van der Waals surface area contributed by atoms with Gasteiger partial charge in [0.2, 0.25) is 11.7 Å². The van der Waals surface area contributed by atoms with Crippen molar-refractivity contribution in [2.45, 2.75) is 32.0 Å². The van der Waals surface area contributed by atoms with E-state index in [1.165, 1.54) is 0 Å². The van der Waals surface area contributed by atoms with Gasteiger partial charge in [-0.25, -0.2) is 0 Å². The summed E-state index contributed by atoms with van der Waals surface area (Å²) in [5.74, 6) is -0.106. The summed E-state index contributed by atoms with van der Waals surface area (Å²) in [7, 11) is 0. The van der Waals surface area contributed by atoms with Crippen molar-refractivity contribution in [3.63, 3.8) is 0 Å². The molecule has 0 bridgehead atoms. The minimum Gasteiger partial charge on any atom is -0.485 e. The van der Waals surface area contributed by atoms with Gasteiger partial charge in [0.05, 0.1) is 12.5 Å². The van der Waals surface area contributed by atoms with Crippen LogP contribution >= 0.6 is 0 Å². The Morgan fingerprint density at radius 1 is 1.31 bits per heavy atom. The molecule has 2 aromatic rings. The highest BCUT2D eigenvalue weighted by atomic mass is 16.5. The van der Waals surface area contributed by atoms with Crippen molar-refractivity contribution in [1.29, 1.82) is 0 Å². The predicted octanol–water partition coefficient (Wildman–Crippen LogP) is 0.585. The van der Waals surface area contributed by atoms with Gasteiger partial charge in [0.15, 0.2) is 6.61 Å². The number of primary amides is 1. The van der Waals surface area contributed by atoms with Crippen molar-refractivity contribution in [2.24, 2.45) is 5.73 Å². The molecule has 26 heavy (non-hydrogen) atoms. The van der Waals surface area contributed by atoms with E-state index in [0.29, 0.717) is 12.3 Å². The SMILES string of the molecule is NC(=O)Cc1ccc(OCc2noc(C(=O)NCC3CCCO3)n2)cc1. The van der Waals surface area contributed by atoms with Crippen LogP contribution in [0, 0.1) is 0 Å². The van der Waals surface area contributed by atoms with Crippen LogP contribution in [0.3, 0.4) is 0 Å². The molecular weight excluding hydrogens is 340 g/mol. The lowest BCUT2D eigenvalue weighted by atomic mass is 10.1. The number of nitrogens with two attached hydrogens (primary N) is 1. The highest BCUT2D eigenvalue weighted by Crippen LogP contribution is 2.14. The van der Waals surface area contributed by atoms with Crippen LogP contribution in [0.4, 0.5) is 0 Å².